The molecule has 2 aliphatic rings. The molecule has 2 aliphatic heterocycles. The first-order valence-corrected chi connectivity index (χ1v) is 8.05. The molecule has 17 heavy (non-hydrogen) atoms. The monoisotopic (exact) mass is 262 g/mol. The van der Waals surface area contributed by atoms with Gasteiger partial charge in [-0.25, -0.2) is 8.42 Å². The van der Waals surface area contributed by atoms with Gasteiger partial charge in [-0.05, 0) is 32.1 Å². The lowest BCUT2D eigenvalue weighted by molar-refractivity contribution is 0.0298. The SMILES string of the molecule is NC[C@@H]1CCCN1S(=O)(=O)C[C@@H]1CCCCO1. The minimum Gasteiger partial charge on any atom is -0.377 e. The number of hydrogen-bond donors (Lipinski definition) is 1. The van der Waals surface area contributed by atoms with Crippen LogP contribution in [-0.4, -0.2) is 50.3 Å². The van der Waals surface area contributed by atoms with Crippen molar-refractivity contribution in [1.82, 2.24) is 4.31 Å². The number of hydrogen-bond acceptors (Lipinski definition) is 4. The van der Waals surface area contributed by atoms with Crippen molar-refractivity contribution in [1.29, 1.82) is 0 Å². The number of sulfonamides is 1. The van der Waals surface area contributed by atoms with Crippen LogP contribution >= 0.6 is 0 Å². The molecule has 0 spiro atoms. The van der Waals surface area contributed by atoms with Crippen molar-refractivity contribution >= 4 is 10.0 Å². The molecule has 0 bridgehead atoms. The minimum atomic E-state index is -3.19. The Labute approximate surface area is 103 Å². The topological polar surface area (TPSA) is 72.6 Å². The Bertz CT molecular complexity index is 339. The third kappa shape index (κ3) is 3.19. The molecular weight excluding hydrogens is 240 g/mol. The van der Waals surface area contributed by atoms with Gasteiger partial charge in [-0.15, -0.1) is 0 Å². The lowest BCUT2D eigenvalue weighted by Gasteiger charge is -2.27. The summed E-state index contributed by atoms with van der Waals surface area (Å²) in [4.78, 5) is 0. The summed E-state index contributed by atoms with van der Waals surface area (Å²) in [6.45, 7) is 1.74. The van der Waals surface area contributed by atoms with Crippen molar-refractivity contribution in [2.75, 3.05) is 25.4 Å². The summed E-state index contributed by atoms with van der Waals surface area (Å²) in [5.41, 5.74) is 5.62. The van der Waals surface area contributed by atoms with Gasteiger partial charge in [-0.1, -0.05) is 0 Å². The van der Waals surface area contributed by atoms with Crippen molar-refractivity contribution in [2.45, 2.75) is 44.2 Å². The molecule has 2 heterocycles. The van der Waals surface area contributed by atoms with E-state index in [-0.39, 0.29) is 17.9 Å². The second kappa shape index (κ2) is 5.65. The summed E-state index contributed by atoms with van der Waals surface area (Å²) in [6, 6.07) is 0.00332. The maximum atomic E-state index is 12.3. The highest BCUT2D eigenvalue weighted by Crippen LogP contribution is 2.23. The molecule has 6 heteroatoms. The van der Waals surface area contributed by atoms with E-state index in [2.05, 4.69) is 0 Å². The highest BCUT2D eigenvalue weighted by Gasteiger charge is 2.35. The van der Waals surface area contributed by atoms with Gasteiger partial charge in [0.05, 0.1) is 11.9 Å². The molecule has 2 atom stereocenters. The van der Waals surface area contributed by atoms with Gasteiger partial charge >= 0.3 is 0 Å². The molecule has 0 saturated carbocycles. The number of rotatable bonds is 4. The van der Waals surface area contributed by atoms with Gasteiger partial charge in [0, 0.05) is 25.7 Å². The summed E-state index contributed by atoms with van der Waals surface area (Å²) in [6.07, 6.45) is 4.67. The van der Waals surface area contributed by atoms with Crippen LogP contribution in [0.3, 0.4) is 0 Å². The Morgan fingerprint density at radius 2 is 2.06 bits per heavy atom. The second-order valence-corrected chi connectivity index (χ2v) is 6.88. The van der Waals surface area contributed by atoms with Crippen LogP contribution in [0.1, 0.15) is 32.1 Å². The van der Waals surface area contributed by atoms with Crippen molar-refractivity contribution < 1.29 is 13.2 Å². The fraction of sp³-hybridized carbons (Fsp3) is 1.00. The van der Waals surface area contributed by atoms with Gasteiger partial charge < -0.3 is 10.5 Å². The quantitative estimate of drug-likeness (QED) is 0.791. The fourth-order valence-electron chi connectivity index (χ4n) is 2.68. The van der Waals surface area contributed by atoms with E-state index in [1.807, 2.05) is 0 Å². The maximum absolute atomic E-state index is 12.3. The Morgan fingerprint density at radius 3 is 2.71 bits per heavy atom. The van der Waals surface area contributed by atoms with Gasteiger partial charge in [-0.2, -0.15) is 4.31 Å². The predicted octanol–water partition coefficient (Wildman–Crippen LogP) is 0.308. The molecule has 5 nitrogen and oxygen atoms in total. The molecule has 0 aromatic heterocycles. The number of ether oxygens (including phenoxy) is 1. The lowest BCUT2D eigenvalue weighted by Crippen LogP contribution is -2.43. The second-order valence-electron chi connectivity index (χ2n) is 4.91. The van der Waals surface area contributed by atoms with E-state index in [0.717, 1.165) is 32.1 Å². The normalized spacial score (nSPS) is 31.8. The van der Waals surface area contributed by atoms with Crippen LogP contribution in [0.15, 0.2) is 0 Å². The first kappa shape index (κ1) is 13.3. The van der Waals surface area contributed by atoms with Crippen molar-refractivity contribution in [3.8, 4) is 0 Å². The molecule has 100 valence electrons. The van der Waals surface area contributed by atoms with Gasteiger partial charge in [-0.3, -0.25) is 0 Å². The molecule has 0 aliphatic carbocycles. The smallest absolute Gasteiger partial charge is 0.216 e. The van der Waals surface area contributed by atoms with Gasteiger partial charge in [0.15, 0.2) is 0 Å². The van der Waals surface area contributed by atoms with E-state index < -0.39 is 10.0 Å². The molecule has 2 N–H and O–H groups in total. The predicted molar refractivity (Wildman–Crippen MR) is 66.2 cm³/mol. The van der Waals surface area contributed by atoms with Crippen LogP contribution in [0.25, 0.3) is 0 Å². The zero-order valence-electron chi connectivity index (χ0n) is 10.2. The van der Waals surface area contributed by atoms with E-state index in [0.29, 0.717) is 19.7 Å². The third-order valence-electron chi connectivity index (χ3n) is 3.62. The number of nitrogens with two attached hydrogens (primary N) is 1. The van der Waals surface area contributed by atoms with Crippen molar-refractivity contribution in [3.05, 3.63) is 0 Å². The molecule has 0 amide bonds. The standard InChI is InChI=1S/C11H22N2O3S/c12-8-10-4-3-6-13(10)17(14,15)9-11-5-1-2-7-16-11/h10-11H,1-9,12H2/t10-,11-/m0/s1. The van der Waals surface area contributed by atoms with Crippen LogP contribution < -0.4 is 5.73 Å². The van der Waals surface area contributed by atoms with Crippen LogP contribution in [0, 0.1) is 0 Å². The van der Waals surface area contributed by atoms with Crippen LogP contribution in [0.4, 0.5) is 0 Å². The Balaban J connectivity index is 1.97. The zero-order valence-corrected chi connectivity index (χ0v) is 11.0. The van der Waals surface area contributed by atoms with E-state index >= 15 is 0 Å². The molecule has 0 aromatic rings. The van der Waals surface area contributed by atoms with E-state index in [1.54, 1.807) is 4.31 Å². The number of nitrogens with zero attached hydrogens (tertiary/aromatic N) is 1. The average molecular weight is 262 g/mol. The van der Waals surface area contributed by atoms with E-state index in [1.165, 1.54) is 0 Å². The van der Waals surface area contributed by atoms with Crippen LogP contribution in [0.2, 0.25) is 0 Å². The Kier molecular flexibility index (Phi) is 4.41. The summed E-state index contributed by atoms with van der Waals surface area (Å²) < 4.78 is 31.6. The molecule has 0 unspecified atom stereocenters. The summed E-state index contributed by atoms with van der Waals surface area (Å²) in [7, 11) is -3.19. The Morgan fingerprint density at radius 1 is 1.24 bits per heavy atom. The van der Waals surface area contributed by atoms with Gasteiger partial charge in [0.25, 0.3) is 0 Å². The summed E-state index contributed by atoms with van der Waals surface area (Å²) in [5.74, 6) is 0.128. The largest absolute Gasteiger partial charge is 0.377 e. The van der Waals surface area contributed by atoms with E-state index in [9.17, 15) is 8.42 Å². The van der Waals surface area contributed by atoms with Crippen LogP contribution in [0.5, 0.6) is 0 Å². The summed E-state index contributed by atoms with van der Waals surface area (Å²) >= 11 is 0. The molecule has 0 radical (unpaired) electrons. The van der Waals surface area contributed by atoms with Crippen molar-refractivity contribution in [2.24, 2.45) is 5.73 Å². The first-order chi connectivity index (χ1) is 8.13. The molecular formula is C11H22N2O3S. The minimum absolute atomic E-state index is 0.00332. The molecule has 2 rings (SSSR count). The average Bonchev–Trinajstić information content (AvgIpc) is 2.78. The maximum Gasteiger partial charge on any atom is 0.216 e. The van der Waals surface area contributed by atoms with Gasteiger partial charge in [0.1, 0.15) is 0 Å². The first-order valence-electron chi connectivity index (χ1n) is 6.44. The lowest BCUT2D eigenvalue weighted by atomic mass is 10.1. The third-order valence-corrected chi connectivity index (χ3v) is 5.61. The summed E-state index contributed by atoms with van der Waals surface area (Å²) in [5, 5.41) is 0. The fourth-order valence-corrected chi connectivity index (χ4v) is 4.66. The van der Waals surface area contributed by atoms with Gasteiger partial charge in [0.2, 0.25) is 10.0 Å². The molecule has 0 aromatic carbocycles. The highest BCUT2D eigenvalue weighted by atomic mass is 32.2. The van der Waals surface area contributed by atoms with E-state index in [4.69, 9.17) is 10.5 Å². The van der Waals surface area contributed by atoms with Crippen LogP contribution in [-0.2, 0) is 14.8 Å². The zero-order chi connectivity index (χ0) is 12.3. The van der Waals surface area contributed by atoms with Crippen molar-refractivity contribution in [3.63, 3.8) is 0 Å². The Hall–Kier alpha value is -0.170. The molecule has 2 fully saturated rings. The molecule has 2 saturated heterocycles. The highest BCUT2D eigenvalue weighted by molar-refractivity contribution is 7.89.